The summed E-state index contributed by atoms with van der Waals surface area (Å²) in [6, 6.07) is 5.68. The molecule has 2 rings (SSSR count). The first kappa shape index (κ1) is 11.6. The third-order valence-electron chi connectivity index (χ3n) is 2.88. The summed E-state index contributed by atoms with van der Waals surface area (Å²) in [6.07, 6.45) is 0.315. The molecule has 0 radical (unpaired) electrons. The van der Waals surface area contributed by atoms with Crippen molar-refractivity contribution in [3.05, 3.63) is 33.8 Å². The number of rotatable bonds is 1. The Kier molecular flexibility index (Phi) is 3.30. The van der Waals surface area contributed by atoms with Gasteiger partial charge in [-0.3, -0.25) is 4.79 Å². The quantitative estimate of drug-likeness (QED) is 0.856. The fourth-order valence-electron chi connectivity index (χ4n) is 1.92. The molecule has 0 bridgehead atoms. The second kappa shape index (κ2) is 4.55. The van der Waals surface area contributed by atoms with Gasteiger partial charge in [-0.1, -0.05) is 22.0 Å². The van der Waals surface area contributed by atoms with Crippen LogP contribution in [0.25, 0.3) is 0 Å². The predicted octanol–water partition coefficient (Wildman–Crippen LogP) is 1.96. The lowest BCUT2D eigenvalue weighted by atomic mass is 10.1. The maximum atomic E-state index is 12.2. The second-order valence-electron chi connectivity index (χ2n) is 4.15. The normalized spacial score (nSPS) is 20.2. The van der Waals surface area contributed by atoms with Crippen LogP contribution < -0.4 is 0 Å². The second-order valence-corrected chi connectivity index (χ2v) is 5.07. The maximum Gasteiger partial charge on any atom is 0.254 e. The minimum Gasteiger partial charge on any atom is -0.391 e. The van der Waals surface area contributed by atoms with Gasteiger partial charge in [-0.25, -0.2) is 0 Å². The number of nitrogens with zero attached hydrogens (tertiary/aromatic N) is 1. The highest BCUT2D eigenvalue weighted by Gasteiger charge is 2.26. The van der Waals surface area contributed by atoms with Crippen LogP contribution in [0.4, 0.5) is 0 Å². The third kappa shape index (κ3) is 2.28. The lowest BCUT2D eigenvalue weighted by Gasteiger charge is -2.17. The number of aliphatic hydroxyl groups is 1. The van der Waals surface area contributed by atoms with E-state index in [0.29, 0.717) is 25.1 Å². The molecule has 86 valence electrons. The SMILES string of the molecule is Cc1ccc(Br)cc1C(=O)N1CC[C@H](O)C1. The Hall–Kier alpha value is -0.870. The van der Waals surface area contributed by atoms with E-state index in [1.165, 1.54) is 0 Å². The van der Waals surface area contributed by atoms with E-state index in [2.05, 4.69) is 15.9 Å². The Morgan fingerprint density at radius 1 is 1.56 bits per heavy atom. The number of β-amino-alcohol motifs (C(OH)–C–C–N with tert-alkyl or cyclic N) is 1. The Labute approximate surface area is 103 Å². The zero-order valence-electron chi connectivity index (χ0n) is 9.11. The van der Waals surface area contributed by atoms with E-state index in [1.54, 1.807) is 4.90 Å². The number of benzene rings is 1. The molecule has 1 amide bonds. The average Bonchev–Trinajstić information content (AvgIpc) is 2.67. The van der Waals surface area contributed by atoms with E-state index in [-0.39, 0.29) is 12.0 Å². The lowest BCUT2D eigenvalue weighted by Crippen LogP contribution is -2.30. The van der Waals surface area contributed by atoms with Crippen LogP contribution in [0.5, 0.6) is 0 Å². The Balaban J connectivity index is 2.23. The number of aryl methyl sites for hydroxylation is 1. The summed E-state index contributed by atoms with van der Waals surface area (Å²) in [7, 11) is 0. The monoisotopic (exact) mass is 283 g/mol. The zero-order valence-corrected chi connectivity index (χ0v) is 10.7. The summed E-state index contributed by atoms with van der Waals surface area (Å²) < 4.78 is 0.904. The number of aliphatic hydroxyl groups excluding tert-OH is 1. The van der Waals surface area contributed by atoms with Crippen LogP contribution in [0.3, 0.4) is 0 Å². The van der Waals surface area contributed by atoms with Gasteiger partial charge in [0.2, 0.25) is 0 Å². The van der Waals surface area contributed by atoms with E-state index >= 15 is 0 Å². The van der Waals surface area contributed by atoms with E-state index in [1.807, 2.05) is 25.1 Å². The third-order valence-corrected chi connectivity index (χ3v) is 3.37. The van der Waals surface area contributed by atoms with E-state index in [0.717, 1.165) is 10.0 Å². The van der Waals surface area contributed by atoms with Crippen molar-refractivity contribution in [2.45, 2.75) is 19.4 Å². The molecule has 16 heavy (non-hydrogen) atoms. The molecule has 3 nitrogen and oxygen atoms in total. The zero-order chi connectivity index (χ0) is 11.7. The molecule has 1 heterocycles. The van der Waals surface area contributed by atoms with Crippen molar-refractivity contribution < 1.29 is 9.90 Å². The summed E-state index contributed by atoms with van der Waals surface area (Å²) >= 11 is 3.36. The number of halogens is 1. The fourth-order valence-corrected chi connectivity index (χ4v) is 2.28. The molecule has 1 atom stereocenters. The van der Waals surface area contributed by atoms with Crippen LogP contribution in [-0.4, -0.2) is 35.1 Å². The molecule has 0 unspecified atom stereocenters. The van der Waals surface area contributed by atoms with Crippen molar-refractivity contribution in [1.82, 2.24) is 4.90 Å². The van der Waals surface area contributed by atoms with E-state index in [4.69, 9.17) is 0 Å². The number of hydrogen-bond acceptors (Lipinski definition) is 2. The van der Waals surface area contributed by atoms with Gasteiger partial charge in [-0.15, -0.1) is 0 Å². The average molecular weight is 284 g/mol. The first-order valence-electron chi connectivity index (χ1n) is 5.31. The molecule has 1 N–H and O–H groups in total. The van der Waals surface area contributed by atoms with Crippen LogP contribution in [0.15, 0.2) is 22.7 Å². The standard InChI is InChI=1S/C12H14BrNO2/c1-8-2-3-9(13)6-11(8)12(16)14-5-4-10(15)7-14/h2-3,6,10,15H,4-5,7H2,1H3/t10-/m0/s1. The molecule has 4 heteroatoms. The van der Waals surface area contributed by atoms with Gasteiger partial charge in [0.15, 0.2) is 0 Å². The van der Waals surface area contributed by atoms with Crippen LogP contribution in [0.2, 0.25) is 0 Å². The Morgan fingerprint density at radius 2 is 2.31 bits per heavy atom. The summed E-state index contributed by atoms with van der Waals surface area (Å²) in [5, 5.41) is 9.42. The van der Waals surface area contributed by atoms with Crippen LogP contribution in [0.1, 0.15) is 22.3 Å². The van der Waals surface area contributed by atoms with Crippen molar-refractivity contribution in [2.75, 3.05) is 13.1 Å². The van der Waals surface area contributed by atoms with Crippen LogP contribution in [0, 0.1) is 6.92 Å². The Morgan fingerprint density at radius 3 is 2.94 bits per heavy atom. The summed E-state index contributed by atoms with van der Waals surface area (Å²) in [6.45, 7) is 3.02. The molecule has 1 aliphatic rings. The van der Waals surface area contributed by atoms with Crippen molar-refractivity contribution in [2.24, 2.45) is 0 Å². The van der Waals surface area contributed by atoms with E-state index < -0.39 is 0 Å². The lowest BCUT2D eigenvalue weighted by molar-refractivity contribution is 0.0764. The molecule has 0 saturated carbocycles. The summed E-state index contributed by atoms with van der Waals surface area (Å²) in [5.41, 5.74) is 1.68. The number of hydrogen-bond donors (Lipinski definition) is 1. The molecular weight excluding hydrogens is 270 g/mol. The van der Waals surface area contributed by atoms with Crippen molar-refractivity contribution in [1.29, 1.82) is 0 Å². The molecular formula is C12H14BrNO2. The smallest absolute Gasteiger partial charge is 0.254 e. The largest absolute Gasteiger partial charge is 0.391 e. The molecule has 1 aromatic carbocycles. The number of likely N-dealkylation sites (tertiary alicyclic amines) is 1. The summed E-state index contributed by atoms with van der Waals surface area (Å²) in [5.74, 6) is 0.00958. The molecule has 0 spiro atoms. The summed E-state index contributed by atoms with van der Waals surface area (Å²) in [4.78, 5) is 13.9. The highest BCUT2D eigenvalue weighted by Crippen LogP contribution is 2.20. The molecule has 0 aromatic heterocycles. The topological polar surface area (TPSA) is 40.5 Å². The molecule has 1 saturated heterocycles. The minimum atomic E-state index is -0.364. The fraction of sp³-hybridized carbons (Fsp3) is 0.417. The first-order valence-corrected chi connectivity index (χ1v) is 6.10. The maximum absolute atomic E-state index is 12.2. The molecule has 0 aliphatic carbocycles. The predicted molar refractivity (Wildman–Crippen MR) is 65.4 cm³/mol. The number of carbonyl (C=O) groups is 1. The molecule has 1 aliphatic heterocycles. The van der Waals surface area contributed by atoms with Crippen LogP contribution >= 0.6 is 15.9 Å². The van der Waals surface area contributed by atoms with Crippen molar-refractivity contribution >= 4 is 21.8 Å². The molecule has 1 aromatic rings. The highest BCUT2D eigenvalue weighted by molar-refractivity contribution is 9.10. The van der Waals surface area contributed by atoms with Gasteiger partial charge in [0, 0.05) is 23.1 Å². The van der Waals surface area contributed by atoms with Gasteiger partial charge < -0.3 is 10.0 Å². The van der Waals surface area contributed by atoms with Gasteiger partial charge in [0.05, 0.1) is 6.10 Å². The van der Waals surface area contributed by atoms with Gasteiger partial charge in [-0.2, -0.15) is 0 Å². The van der Waals surface area contributed by atoms with E-state index in [9.17, 15) is 9.90 Å². The first-order chi connectivity index (χ1) is 7.58. The van der Waals surface area contributed by atoms with Gasteiger partial charge in [0.25, 0.3) is 5.91 Å². The van der Waals surface area contributed by atoms with Crippen molar-refractivity contribution in [3.8, 4) is 0 Å². The van der Waals surface area contributed by atoms with Crippen molar-refractivity contribution in [3.63, 3.8) is 0 Å². The van der Waals surface area contributed by atoms with Crippen LogP contribution in [-0.2, 0) is 0 Å². The van der Waals surface area contributed by atoms with Gasteiger partial charge >= 0.3 is 0 Å². The number of carbonyl (C=O) groups excluding carboxylic acids is 1. The minimum absolute atomic E-state index is 0.00958. The highest BCUT2D eigenvalue weighted by atomic mass is 79.9. The van der Waals surface area contributed by atoms with Gasteiger partial charge in [0.1, 0.15) is 0 Å². The Bertz CT molecular complexity index is 419. The molecule has 1 fully saturated rings. The number of amides is 1. The van der Waals surface area contributed by atoms with Gasteiger partial charge in [-0.05, 0) is 31.0 Å².